The van der Waals surface area contributed by atoms with Crippen molar-refractivity contribution in [3.8, 4) is 0 Å². The third-order valence-corrected chi connectivity index (χ3v) is 3.28. The van der Waals surface area contributed by atoms with E-state index in [9.17, 15) is 15.0 Å². The third kappa shape index (κ3) is 4.22. The lowest BCUT2D eigenvalue weighted by Gasteiger charge is -2.40. The quantitative estimate of drug-likeness (QED) is 0.599. The average Bonchev–Trinajstić information content (AvgIpc) is 2.29. The number of alkyl halides is 2. The monoisotopic (exact) mass is 300 g/mol. The van der Waals surface area contributed by atoms with Gasteiger partial charge in [-0.15, -0.1) is 0 Å². The first-order valence-corrected chi connectivity index (χ1v) is 6.44. The highest BCUT2D eigenvalue weighted by Crippen LogP contribution is 2.21. The molecule has 0 aromatic carbocycles. The van der Waals surface area contributed by atoms with Crippen LogP contribution in [0.2, 0.25) is 0 Å². The van der Waals surface area contributed by atoms with Gasteiger partial charge in [-0.05, 0) is 20.5 Å². The molecule has 4 atom stereocenters. The average molecular weight is 301 g/mol. The first kappa shape index (κ1) is 15.9. The molecule has 1 fully saturated rings. The lowest BCUT2D eigenvalue weighted by molar-refractivity contribution is -0.232. The van der Waals surface area contributed by atoms with Crippen LogP contribution >= 0.6 is 23.2 Å². The second-order valence-electron chi connectivity index (χ2n) is 4.45. The van der Waals surface area contributed by atoms with E-state index in [2.05, 4.69) is 5.32 Å². The van der Waals surface area contributed by atoms with Gasteiger partial charge in [-0.2, -0.15) is 0 Å². The van der Waals surface area contributed by atoms with Crippen molar-refractivity contribution in [3.05, 3.63) is 0 Å². The number of carbonyl (C=O) groups is 1. The Morgan fingerprint density at radius 2 is 2.11 bits per heavy atom. The molecule has 0 radical (unpaired) electrons. The predicted molar refractivity (Wildman–Crippen MR) is 67.5 cm³/mol. The lowest BCUT2D eigenvalue weighted by atomic mass is 9.98. The molecule has 1 saturated heterocycles. The van der Waals surface area contributed by atoms with E-state index < -0.39 is 29.2 Å². The lowest BCUT2D eigenvalue weighted by Crippen LogP contribution is -2.55. The molecule has 3 N–H and O–H groups in total. The summed E-state index contributed by atoms with van der Waals surface area (Å²) < 4.78 is 5.19. The molecule has 0 saturated carbocycles. The van der Waals surface area contributed by atoms with Crippen LogP contribution in [0.3, 0.4) is 0 Å². The number of amides is 1. The maximum atomic E-state index is 11.2. The number of likely N-dealkylation sites (N-methyl/N-ethyl adjacent to an activating group) is 1. The summed E-state index contributed by atoms with van der Waals surface area (Å²) in [4.78, 5) is 11.9. The summed E-state index contributed by atoms with van der Waals surface area (Å²) >= 11 is 10.8. The summed E-state index contributed by atoms with van der Waals surface area (Å²) in [7, 11) is 3.60. The Bertz CT molecular complexity index is 291. The van der Waals surface area contributed by atoms with Crippen LogP contribution in [-0.2, 0) is 9.53 Å². The Morgan fingerprint density at radius 3 is 2.61 bits per heavy atom. The van der Waals surface area contributed by atoms with Crippen molar-refractivity contribution >= 4 is 29.1 Å². The first-order valence-electron chi connectivity index (χ1n) is 5.56. The van der Waals surface area contributed by atoms with Crippen LogP contribution in [-0.4, -0.2) is 71.0 Å². The summed E-state index contributed by atoms with van der Waals surface area (Å²) in [6.07, 6.45) is -2.15. The Kier molecular flexibility index (Phi) is 6.10. The van der Waals surface area contributed by atoms with Gasteiger partial charge in [-0.3, -0.25) is 4.79 Å². The van der Waals surface area contributed by atoms with Crippen LogP contribution in [0.15, 0.2) is 0 Å². The van der Waals surface area contributed by atoms with Crippen LogP contribution in [0.25, 0.3) is 0 Å². The van der Waals surface area contributed by atoms with Gasteiger partial charge in [0.2, 0.25) is 0 Å². The topological polar surface area (TPSA) is 82.0 Å². The number of nitrogens with zero attached hydrogens (tertiary/aromatic N) is 1. The molecule has 2 unspecified atom stereocenters. The minimum Gasteiger partial charge on any atom is -0.386 e. The Morgan fingerprint density at radius 1 is 1.50 bits per heavy atom. The first-order chi connectivity index (χ1) is 8.32. The number of aliphatic hydroxyl groups excluding tert-OH is 2. The highest BCUT2D eigenvalue weighted by molar-refractivity contribution is 6.53. The van der Waals surface area contributed by atoms with Gasteiger partial charge in [-0.25, -0.2) is 0 Å². The molecule has 0 aromatic heterocycles. The van der Waals surface area contributed by atoms with Crippen molar-refractivity contribution in [1.82, 2.24) is 10.2 Å². The van der Waals surface area contributed by atoms with Crippen molar-refractivity contribution < 1.29 is 19.7 Å². The highest BCUT2D eigenvalue weighted by atomic mass is 35.5. The minimum absolute atomic E-state index is 0.183. The summed E-state index contributed by atoms with van der Waals surface area (Å²) in [6.45, 7) is 0.183. The van der Waals surface area contributed by atoms with Gasteiger partial charge in [0, 0.05) is 12.6 Å². The summed E-state index contributed by atoms with van der Waals surface area (Å²) in [5.74, 6) is -0.510. The second kappa shape index (κ2) is 6.88. The zero-order valence-electron chi connectivity index (χ0n) is 10.2. The number of aliphatic hydroxyl groups is 2. The fraction of sp³-hybridized carbons (Fsp3) is 0.900. The highest BCUT2D eigenvalue weighted by Gasteiger charge is 2.37. The Labute approximate surface area is 116 Å². The maximum absolute atomic E-state index is 11.2. The number of hydrogen-bond acceptors (Lipinski definition) is 5. The van der Waals surface area contributed by atoms with Crippen LogP contribution in [0.1, 0.15) is 6.42 Å². The molecule has 1 amide bonds. The molecule has 0 bridgehead atoms. The van der Waals surface area contributed by atoms with Gasteiger partial charge in [0.05, 0.1) is 6.10 Å². The Balaban J connectivity index is 2.50. The number of carbonyl (C=O) groups excluding carboxylic acids is 1. The maximum Gasteiger partial charge on any atom is 0.253 e. The van der Waals surface area contributed by atoms with E-state index in [1.165, 1.54) is 0 Å². The number of nitrogens with one attached hydrogen (secondary N) is 1. The van der Waals surface area contributed by atoms with Crippen molar-refractivity contribution in [2.75, 3.05) is 20.6 Å². The molecule has 0 aliphatic carbocycles. The standard InChI is InChI=1S/C10H18Cl2N2O4/c1-14(2)6-3-5(18-10(17)7(6)15)4-13-9(16)8(11)12/h5-8,10,15,17H,3-4H2,1-2H3,(H,13,16)/t5-,6?,7?,10+/m0/s1. The van der Waals surface area contributed by atoms with E-state index in [0.29, 0.717) is 6.42 Å². The molecule has 1 rings (SSSR count). The molecular weight excluding hydrogens is 283 g/mol. The van der Waals surface area contributed by atoms with Gasteiger partial charge in [0.25, 0.3) is 5.91 Å². The summed E-state index contributed by atoms with van der Waals surface area (Å²) in [5.41, 5.74) is 0. The van der Waals surface area contributed by atoms with E-state index in [-0.39, 0.29) is 12.6 Å². The second-order valence-corrected chi connectivity index (χ2v) is 5.55. The largest absolute Gasteiger partial charge is 0.386 e. The predicted octanol–water partition coefficient (Wildman–Crippen LogP) is -0.695. The molecule has 1 aliphatic heterocycles. The molecule has 106 valence electrons. The van der Waals surface area contributed by atoms with Crippen molar-refractivity contribution in [1.29, 1.82) is 0 Å². The minimum atomic E-state index is -1.27. The van der Waals surface area contributed by atoms with Crippen molar-refractivity contribution in [2.24, 2.45) is 0 Å². The van der Waals surface area contributed by atoms with Crippen LogP contribution in [0, 0.1) is 0 Å². The van der Waals surface area contributed by atoms with Crippen LogP contribution < -0.4 is 5.32 Å². The van der Waals surface area contributed by atoms with Crippen LogP contribution in [0.5, 0.6) is 0 Å². The molecular formula is C10H18Cl2N2O4. The number of ether oxygens (including phenoxy) is 1. The fourth-order valence-corrected chi connectivity index (χ4v) is 2.03. The van der Waals surface area contributed by atoms with Crippen molar-refractivity contribution in [2.45, 2.75) is 35.8 Å². The van der Waals surface area contributed by atoms with Crippen LogP contribution in [0.4, 0.5) is 0 Å². The zero-order valence-corrected chi connectivity index (χ0v) is 11.7. The van der Waals surface area contributed by atoms with Gasteiger partial charge in [0.1, 0.15) is 6.10 Å². The van der Waals surface area contributed by atoms with E-state index in [0.717, 1.165) is 0 Å². The van der Waals surface area contributed by atoms with Gasteiger partial charge in [0.15, 0.2) is 11.1 Å². The normalized spacial score (nSPS) is 32.9. The van der Waals surface area contributed by atoms with E-state index in [1.54, 1.807) is 19.0 Å². The van der Waals surface area contributed by atoms with E-state index in [1.807, 2.05) is 0 Å². The fourth-order valence-electron chi connectivity index (χ4n) is 1.87. The van der Waals surface area contributed by atoms with Crippen molar-refractivity contribution in [3.63, 3.8) is 0 Å². The third-order valence-electron chi connectivity index (χ3n) is 2.89. The SMILES string of the molecule is CN(C)C1C[C@@H](CNC(=O)C(Cl)Cl)O[C@@H](O)C1O. The smallest absolute Gasteiger partial charge is 0.253 e. The molecule has 8 heteroatoms. The van der Waals surface area contributed by atoms with Gasteiger partial charge >= 0.3 is 0 Å². The summed E-state index contributed by atoms with van der Waals surface area (Å²) in [6, 6.07) is -0.238. The summed E-state index contributed by atoms with van der Waals surface area (Å²) in [5, 5.41) is 21.8. The molecule has 0 aromatic rings. The van der Waals surface area contributed by atoms with E-state index >= 15 is 0 Å². The van der Waals surface area contributed by atoms with Gasteiger partial charge < -0.3 is 25.2 Å². The van der Waals surface area contributed by atoms with Gasteiger partial charge in [-0.1, -0.05) is 23.2 Å². The zero-order chi connectivity index (χ0) is 13.9. The number of hydrogen-bond donors (Lipinski definition) is 3. The molecule has 18 heavy (non-hydrogen) atoms. The molecule has 0 spiro atoms. The molecule has 6 nitrogen and oxygen atoms in total. The molecule has 1 heterocycles. The van der Waals surface area contributed by atoms with E-state index in [4.69, 9.17) is 27.9 Å². The number of rotatable bonds is 4. The molecule has 1 aliphatic rings. The Hall–Kier alpha value is -0.110. The number of halogens is 2.